The van der Waals surface area contributed by atoms with Gasteiger partial charge in [0.15, 0.2) is 0 Å². The molecule has 1 fully saturated rings. The van der Waals surface area contributed by atoms with Crippen LogP contribution >= 0.6 is 12.4 Å². The maximum absolute atomic E-state index is 6.15. The first-order valence-corrected chi connectivity index (χ1v) is 7.14. The van der Waals surface area contributed by atoms with Crippen LogP contribution in [0.25, 0.3) is 0 Å². The maximum Gasteiger partial charge on any atom is 0.0248 e. The van der Waals surface area contributed by atoms with Crippen LogP contribution in [0, 0.1) is 13.8 Å². The Labute approximate surface area is 123 Å². The van der Waals surface area contributed by atoms with Crippen LogP contribution in [0.2, 0.25) is 0 Å². The minimum absolute atomic E-state index is 0. The molecule has 0 amide bonds. The first-order chi connectivity index (χ1) is 8.59. The van der Waals surface area contributed by atoms with Crippen molar-refractivity contribution in [2.24, 2.45) is 5.73 Å². The van der Waals surface area contributed by atoms with Crippen molar-refractivity contribution in [2.45, 2.75) is 58.7 Å². The molecule has 1 aliphatic heterocycles. The highest BCUT2D eigenvalue weighted by molar-refractivity contribution is 5.85. The number of piperidine rings is 1. The van der Waals surface area contributed by atoms with Crippen molar-refractivity contribution < 1.29 is 0 Å². The summed E-state index contributed by atoms with van der Waals surface area (Å²) in [4.78, 5) is 2.59. The average molecular weight is 283 g/mol. The van der Waals surface area contributed by atoms with Crippen molar-refractivity contribution in [3.8, 4) is 0 Å². The van der Waals surface area contributed by atoms with E-state index in [1.807, 2.05) is 0 Å². The van der Waals surface area contributed by atoms with Crippen LogP contribution in [-0.4, -0.2) is 23.5 Å². The van der Waals surface area contributed by atoms with E-state index in [2.05, 4.69) is 43.9 Å². The van der Waals surface area contributed by atoms with E-state index in [1.165, 1.54) is 42.5 Å². The van der Waals surface area contributed by atoms with E-state index in [1.54, 1.807) is 0 Å². The predicted molar refractivity (Wildman–Crippen MR) is 84.9 cm³/mol. The van der Waals surface area contributed by atoms with Gasteiger partial charge >= 0.3 is 0 Å². The van der Waals surface area contributed by atoms with Crippen molar-refractivity contribution in [2.75, 3.05) is 6.54 Å². The predicted octanol–water partition coefficient (Wildman–Crippen LogP) is 3.43. The Morgan fingerprint density at radius 2 is 1.89 bits per heavy atom. The Hall–Kier alpha value is -0.570. The number of nitrogens with two attached hydrogens (primary N) is 1. The first-order valence-electron chi connectivity index (χ1n) is 7.14. The van der Waals surface area contributed by atoms with Gasteiger partial charge in [0.1, 0.15) is 0 Å². The first kappa shape index (κ1) is 16.5. The molecule has 2 nitrogen and oxygen atoms in total. The fraction of sp³-hybridized carbons (Fsp3) is 0.625. The highest BCUT2D eigenvalue weighted by Crippen LogP contribution is 2.24. The van der Waals surface area contributed by atoms with Crippen LogP contribution < -0.4 is 5.73 Å². The molecule has 2 N–H and O–H groups in total. The molecule has 3 heteroatoms. The molecule has 108 valence electrons. The van der Waals surface area contributed by atoms with Gasteiger partial charge in [0.2, 0.25) is 0 Å². The minimum atomic E-state index is 0. The topological polar surface area (TPSA) is 29.3 Å². The fourth-order valence-corrected chi connectivity index (χ4v) is 3.11. The summed E-state index contributed by atoms with van der Waals surface area (Å²) in [6.45, 7) is 8.83. The second-order valence-electron chi connectivity index (χ2n) is 5.76. The molecule has 0 radical (unpaired) electrons. The molecule has 1 aromatic rings. The number of halogens is 1. The number of nitrogens with zero attached hydrogens (tertiary/aromatic N) is 1. The maximum atomic E-state index is 6.15. The number of likely N-dealkylation sites (tertiary alicyclic amines) is 1. The van der Waals surface area contributed by atoms with Crippen molar-refractivity contribution in [3.05, 3.63) is 34.9 Å². The van der Waals surface area contributed by atoms with E-state index in [0.29, 0.717) is 6.04 Å². The van der Waals surface area contributed by atoms with E-state index in [0.717, 1.165) is 6.54 Å². The van der Waals surface area contributed by atoms with Gasteiger partial charge in [-0.1, -0.05) is 24.6 Å². The van der Waals surface area contributed by atoms with Gasteiger partial charge in [-0.05, 0) is 56.8 Å². The molecule has 2 atom stereocenters. The molecular weight excluding hydrogens is 256 g/mol. The summed E-state index contributed by atoms with van der Waals surface area (Å²) < 4.78 is 0. The zero-order chi connectivity index (χ0) is 13.1. The second-order valence-corrected chi connectivity index (χ2v) is 5.76. The monoisotopic (exact) mass is 282 g/mol. The van der Waals surface area contributed by atoms with E-state index in [9.17, 15) is 0 Å². The van der Waals surface area contributed by atoms with Crippen LogP contribution in [0.1, 0.15) is 42.9 Å². The molecule has 0 saturated carbocycles. The van der Waals surface area contributed by atoms with E-state index in [-0.39, 0.29) is 18.4 Å². The lowest BCUT2D eigenvalue weighted by molar-refractivity contribution is 0.122. The molecule has 1 aromatic carbocycles. The standard InChI is InChI=1S/C16H26N2.ClH/c1-12-7-6-8-13(2)15(12)11-18-10-5-4-9-16(18)14(3)17;/h6-8,14,16H,4-5,9-11,17H2,1-3H3;1H. The molecule has 19 heavy (non-hydrogen) atoms. The van der Waals surface area contributed by atoms with E-state index < -0.39 is 0 Å². The highest BCUT2D eigenvalue weighted by atomic mass is 35.5. The summed E-state index contributed by atoms with van der Waals surface area (Å²) in [6, 6.07) is 7.40. The summed E-state index contributed by atoms with van der Waals surface area (Å²) in [7, 11) is 0. The molecular formula is C16H27ClN2. The third-order valence-corrected chi connectivity index (χ3v) is 4.28. The van der Waals surface area contributed by atoms with Gasteiger partial charge in [0.25, 0.3) is 0 Å². The molecule has 1 heterocycles. The fourth-order valence-electron chi connectivity index (χ4n) is 3.11. The Balaban J connectivity index is 0.00000180. The van der Waals surface area contributed by atoms with Crippen molar-refractivity contribution in [3.63, 3.8) is 0 Å². The minimum Gasteiger partial charge on any atom is -0.327 e. The Morgan fingerprint density at radius 1 is 1.26 bits per heavy atom. The third-order valence-electron chi connectivity index (χ3n) is 4.28. The summed E-state index contributed by atoms with van der Waals surface area (Å²) in [5.41, 5.74) is 10.4. The number of rotatable bonds is 3. The molecule has 1 saturated heterocycles. The third kappa shape index (κ3) is 3.95. The average Bonchev–Trinajstić information content (AvgIpc) is 2.34. The summed E-state index contributed by atoms with van der Waals surface area (Å²) in [5.74, 6) is 0. The number of hydrogen-bond acceptors (Lipinski definition) is 2. The van der Waals surface area contributed by atoms with Gasteiger partial charge in [0.05, 0.1) is 0 Å². The highest BCUT2D eigenvalue weighted by Gasteiger charge is 2.25. The van der Waals surface area contributed by atoms with Crippen LogP contribution in [0.3, 0.4) is 0 Å². The molecule has 0 bridgehead atoms. The lowest BCUT2D eigenvalue weighted by Gasteiger charge is -2.38. The number of aryl methyl sites for hydroxylation is 2. The lowest BCUT2D eigenvalue weighted by Crippen LogP contribution is -2.48. The Bertz CT molecular complexity index is 383. The molecule has 1 aliphatic rings. The molecule has 2 unspecified atom stereocenters. The zero-order valence-electron chi connectivity index (χ0n) is 12.4. The summed E-state index contributed by atoms with van der Waals surface area (Å²) in [5, 5.41) is 0. The smallest absolute Gasteiger partial charge is 0.0248 e. The van der Waals surface area contributed by atoms with Crippen LogP contribution in [0.4, 0.5) is 0 Å². The number of benzene rings is 1. The molecule has 0 spiro atoms. The summed E-state index contributed by atoms with van der Waals surface area (Å²) in [6.07, 6.45) is 3.90. The Kier molecular flexibility index (Phi) is 6.31. The van der Waals surface area contributed by atoms with Crippen LogP contribution in [0.15, 0.2) is 18.2 Å². The van der Waals surface area contributed by atoms with Crippen molar-refractivity contribution >= 4 is 12.4 Å². The van der Waals surface area contributed by atoms with Gasteiger partial charge in [-0.2, -0.15) is 0 Å². The van der Waals surface area contributed by atoms with Crippen molar-refractivity contribution in [1.29, 1.82) is 0 Å². The molecule has 0 aromatic heterocycles. The van der Waals surface area contributed by atoms with Gasteiger partial charge in [-0.3, -0.25) is 4.90 Å². The van der Waals surface area contributed by atoms with Gasteiger partial charge < -0.3 is 5.73 Å². The van der Waals surface area contributed by atoms with Gasteiger partial charge in [-0.25, -0.2) is 0 Å². The second kappa shape index (κ2) is 7.28. The zero-order valence-corrected chi connectivity index (χ0v) is 13.2. The molecule has 2 rings (SSSR count). The van der Waals surface area contributed by atoms with E-state index in [4.69, 9.17) is 5.73 Å². The number of hydrogen-bond donors (Lipinski definition) is 1. The Morgan fingerprint density at radius 3 is 2.47 bits per heavy atom. The van der Waals surface area contributed by atoms with Gasteiger partial charge in [0, 0.05) is 18.6 Å². The SMILES string of the molecule is Cc1cccc(C)c1CN1CCCCC1C(C)N.Cl. The quantitative estimate of drug-likeness (QED) is 0.920. The van der Waals surface area contributed by atoms with Gasteiger partial charge in [-0.15, -0.1) is 12.4 Å². The van der Waals surface area contributed by atoms with Crippen LogP contribution in [-0.2, 0) is 6.54 Å². The summed E-state index contributed by atoms with van der Waals surface area (Å²) >= 11 is 0. The lowest BCUT2D eigenvalue weighted by atomic mass is 9.94. The largest absolute Gasteiger partial charge is 0.327 e. The van der Waals surface area contributed by atoms with Crippen molar-refractivity contribution in [1.82, 2.24) is 4.90 Å². The van der Waals surface area contributed by atoms with E-state index >= 15 is 0 Å². The van der Waals surface area contributed by atoms with Crippen LogP contribution in [0.5, 0.6) is 0 Å². The molecule has 0 aliphatic carbocycles. The normalized spacial score (nSPS) is 21.8.